The third-order valence-corrected chi connectivity index (χ3v) is 7.59. The van der Waals surface area contributed by atoms with Crippen molar-refractivity contribution in [3.8, 4) is 0 Å². The highest BCUT2D eigenvalue weighted by Crippen LogP contribution is 2.48. The lowest BCUT2D eigenvalue weighted by Crippen LogP contribution is -2.62. The van der Waals surface area contributed by atoms with E-state index >= 15 is 0 Å². The quantitative estimate of drug-likeness (QED) is 0.887. The van der Waals surface area contributed by atoms with E-state index in [1.807, 2.05) is 24.9 Å². The van der Waals surface area contributed by atoms with E-state index in [1.165, 1.54) is 42.1 Å². The Morgan fingerprint density at radius 2 is 1.96 bits per heavy atom. The van der Waals surface area contributed by atoms with Crippen molar-refractivity contribution in [3.05, 3.63) is 30.0 Å². The number of aromatic nitrogens is 2. The summed E-state index contributed by atoms with van der Waals surface area (Å²) in [5.74, 6) is 1.09. The van der Waals surface area contributed by atoms with E-state index in [9.17, 15) is 9.90 Å². The number of hydrogen-bond donors (Lipinski definition) is 1. The fourth-order valence-electron chi connectivity index (χ4n) is 5.81. The molecule has 2 aliphatic carbocycles. The lowest BCUT2D eigenvalue weighted by Gasteiger charge is -2.55. The van der Waals surface area contributed by atoms with Crippen molar-refractivity contribution < 1.29 is 9.90 Å². The van der Waals surface area contributed by atoms with Gasteiger partial charge in [-0.05, 0) is 69.4 Å². The van der Waals surface area contributed by atoms with Crippen LogP contribution in [0.4, 0.5) is 0 Å². The largest absolute Gasteiger partial charge is 0.390 e. The molecule has 2 saturated carbocycles. The van der Waals surface area contributed by atoms with Crippen molar-refractivity contribution in [2.75, 3.05) is 13.1 Å². The van der Waals surface area contributed by atoms with Gasteiger partial charge in [0.15, 0.2) is 0 Å². The van der Waals surface area contributed by atoms with Gasteiger partial charge in [-0.15, -0.1) is 0 Å². The molecule has 3 fully saturated rings. The topological polar surface area (TPSA) is 58.4 Å². The van der Waals surface area contributed by atoms with Gasteiger partial charge in [0, 0.05) is 36.9 Å². The number of amides is 1. The number of benzene rings is 1. The Morgan fingerprint density at radius 1 is 1.25 bits per heavy atom. The summed E-state index contributed by atoms with van der Waals surface area (Å²) in [7, 11) is 2.00. The minimum absolute atomic E-state index is 0.0607. The molecule has 1 amide bonds. The molecule has 0 radical (unpaired) electrons. The minimum Gasteiger partial charge on any atom is -0.390 e. The van der Waals surface area contributed by atoms with Gasteiger partial charge >= 0.3 is 0 Å². The first-order chi connectivity index (χ1) is 13.3. The van der Waals surface area contributed by atoms with Gasteiger partial charge < -0.3 is 10.0 Å². The summed E-state index contributed by atoms with van der Waals surface area (Å²) in [6, 6.07) is 6.74. The van der Waals surface area contributed by atoms with Crippen LogP contribution in [0.25, 0.3) is 10.9 Å². The van der Waals surface area contributed by atoms with Gasteiger partial charge in [-0.3, -0.25) is 9.48 Å². The predicted octanol–water partition coefficient (Wildman–Crippen LogP) is 3.30. The number of nitrogens with zero attached hydrogens (tertiary/aromatic N) is 3. The lowest BCUT2D eigenvalue weighted by molar-refractivity contribution is -0.163. The normalized spacial score (nSPS) is 29.7. The number of rotatable bonds is 3. The van der Waals surface area contributed by atoms with E-state index in [1.54, 1.807) is 0 Å². The van der Waals surface area contributed by atoms with Crippen molar-refractivity contribution in [3.63, 3.8) is 0 Å². The first-order valence-corrected chi connectivity index (χ1v) is 10.7. The van der Waals surface area contributed by atoms with Crippen LogP contribution in [0.2, 0.25) is 0 Å². The Morgan fingerprint density at radius 3 is 2.64 bits per heavy atom. The average molecular weight is 382 g/mol. The molecule has 1 N–H and O–H groups in total. The third-order valence-electron chi connectivity index (χ3n) is 7.59. The molecule has 5 rings (SSSR count). The van der Waals surface area contributed by atoms with E-state index in [2.05, 4.69) is 28.2 Å². The van der Waals surface area contributed by atoms with Crippen LogP contribution in [-0.4, -0.2) is 44.4 Å². The molecule has 1 saturated heterocycles. The maximum Gasteiger partial charge on any atom is 0.225 e. The minimum atomic E-state index is -0.612. The Hall–Kier alpha value is -1.88. The molecule has 0 unspecified atom stereocenters. The van der Waals surface area contributed by atoms with Crippen molar-refractivity contribution in [1.82, 2.24) is 14.7 Å². The zero-order valence-corrected chi connectivity index (χ0v) is 17.0. The highest BCUT2D eigenvalue weighted by molar-refractivity contribution is 5.81. The van der Waals surface area contributed by atoms with E-state index in [0.29, 0.717) is 18.3 Å². The van der Waals surface area contributed by atoms with Crippen LogP contribution in [0.15, 0.2) is 24.4 Å². The fraction of sp³-hybridized carbons (Fsp3) is 0.652. The van der Waals surface area contributed by atoms with Gasteiger partial charge in [0.05, 0.1) is 17.3 Å². The average Bonchev–Trinajstić information content (AvgIpc) is 2.99. The number of likely N-dealkylation sites (tertiary alicyclic amines) is 1. The van der Waals surface area contributed by atoms with Crippen molar-refractivity contribution in [2.45, 2.75) is 57.5 Å². The number of hydrogen-bond acceptors (Lipinski definition) is 3. The van der Waals surface area contributed by atoms with Gasteiger partial charge in [0.1, 0.15) is 0 Å². The summed E-state index contributed by atoms with van der Waals surface area (Å²) < 4.78 is 1.95. The highest BCUT2D eigenvalue weighted by atomic mass is 16.3. The van der Waals surface area contributed by atoms with Gasteiger partial charge in [0.2, 0.25) is 5.91 Å². The summed E-state index contributed by atoms with van der Waals surface area (Å²) in [5, 5.41) is 15.4. The fourth-order valence-corrected chi connectivity index (χ4v) is 5.81. The number of aliphatic hydroxyl groups is 1. The van der Waals surface area contributed by atoms with Crippen molar-refractivity contribution in [1.29, 1.82) is 0 Å². The molecule has 0 bridgehead atoms. The van der Waals surface area contributed by atoms with Crippen molar-refractivity contribution in [2.24, 2.45) is 24.3 Å². The van der Waals surface area contributed by atoms with E-state index in [4.69, 9.17) is 0 Å². The monoisotopic (exact) mass is 381 g/mol. The van der Waals surface area contributed by atoms with Crippen LogP contribution in [0, 0.1) is 17.3 Å². The summed E-state index contributed by atoms with van der Waals surface area (Å²) in [4.78, 5) is 14.6. The number of carbonyl (C=O) groups excluding carboxylic acids is 1. The molecule has 1 spiro atoms. The zero-order valence-electron chi connectivity index (χ0n) is 17.0. The van der Waals surface area contributed by atoms with E-state index in [0.717, 1.165) is 25.4 Å². The first-order valence-electron chi connectivity index (χ1n) is 10.7. The standard InChI is InChI=1S/C23H31N3O2/c1-22(28)11-19(12-22)21(27)26-14-23(15-26)7-5-16(6-8-23)9-17-3-4-18-13-24-25(2)20(18)10-17/h3-4,10,13,16,19,28H,5-9,11-12,14-15H2,1-2H3. The number of aryl methyl sites for hydroxylation is 1. The number of fused-ring (bicyclic) bond motifs is 1. The molecule has 0 atom stereocenters. The SMILES string of the molecule is Cn1ncc2ccc(CC3CCC4(CC3)CN(C(=O)C3CC(C)(O)C3)C4)cc21. The highest BCUT2D eigenvalue weighted by Gasteiger charge is 2.51. The van der Waals surface area contributed by atoms with E-state index < -0.39 is 5.60 Å². The second-order valence-corrected chi connectivity index (χ2v) is 10.1. The van der Waals surface area contributed by atoms with Crippen LogP contribution >= 0.6 is 0 Å². The Bertz CT molecular complexity index is 892. The molecule has 28 heavy (non-hydrogen) atoms. The van der Waals surface area contributed by atoms with Crippen LogP contribution < -0.4 is 0 Å². The maximum absolute atomic E-state index is 12.5. The van der Waals surface area contributed by atoms with Gasteiger partial charge in [0.25, 0.3) is 0 Å². The Labute approximate surface area is 166 Å². The second-order valence-electron chi connectivity index (χ2n) is 10.1. The Balaban J connectivity index is 1.13. The summed E-state index contributed by atoms with van der Waals surface area (Å²) in [6.07, 6.45) is 9.38. The van der Waals surface area contributed by atoms with Crippen molar-refractivity contribution >= 4 is 16.8 Å². The van der Waals surface area contributed by atoms with Crippen LogP contribution in [0.3, 0.4) is 0 Å². The maximum atomic E-state index is 12.5. The predicted molar refractivity (Wildman–Crippen MR) is 109 cm³/mol. The first kappa shape index (κ1) is 18.2. The van der Waals surface area contributed by atoms with Crippen LogP contribution in [0.1, 0.15) is 51.0 Å². The smallest absolute Gasteiger partial charge is 0.225 e. The molecular weight excluding hydrogens is 350 g/mol. The third kappa shape index (κ3) is 3.14. The summed E-state index contributed by atoms with van der Waals surface area (Å²) in [6.45, 7) is 3.72. The van der Waals surface area contributed by atoms with Gasteiger partial charge in [-0.25, -0.2) is 0 Å². The molecule has 2 aromatic rings. The molecule has 1 aliphatic heterocycles. The van der Waals surface area contributed by atoms with E-state index in [-0.39, 0.29) is 11.8 Å². The molecule has 5 nitrogen and oxygen atoms in total. The Kier molecular flexibility index (Phi) is 4.10. The zero-order chi connectivity index (χ0) is 19.5. The lowest BCUT2D eigenvalue weighted by atomic mass is 9.64. The molecule has 1 aromatic heterocycles. The molecule has 3 aliphatic rings. The van der Waals surface area contributed by atoms with Gasteiger partial charge in [-0.2, -0.15) is 5.10 Å². The molecular formula is C23H31N3O2. The summed E-state index contributed by atoms with van der Waals surface area (Å²) in [5.41, 5.74) is 2.40. The van der Waals surface area contributed by atoms with Crippen LogP contribution in [0.5, 0.6) is 0 Å². The van der Waals surface area contributed by atoms with Gasteiger partial charge in [-0.1, -0.05) is 12.1 Å². The number of carbonyl (C=O) groups is 1. The second kappa shape index (κ2) is 6.31. The molecule has 2 heterocycles. The van der Waals surface area contributed by atoms with Crippen LogP contribution in [-0.2, 0) is 18.3 Å². The summed E-state index contributed by atoms with van der Waals surface area (Å²) >= 11 is 0. The molecule has 5 heteroatoms. The molecule has 1 aromatic carbocycles. The molecule has 150 valence electrons.